The van der Waals surface area contributed by atoms with E-state index in [0.717, 1.165) is 16.3 Å². The summed E-state index contributed by atoms with van der Waals surface area (Å²) in [5.41, 5.74) is 3.55. The van der Waals surface area contributed by atoms with Gasteiger partial charge in [-0.15, -0.1) is 11.3 Å². The summed E-state index contributed by atoms with van der Waals surface area (Å²) in [6.07, 6.45) is 0. The molecule has 136 valence electrons. The predicted octanol–water partition coefficient (Wildman–Crippen LogP) is 4.91. The maximum absolute atomic E-state index is 12.3. The maximum Gasteiger partial charge on any atom is 0.317 e. The summed E-state index contributed by atoms with van der Waals surface area (Å²) in [6, 6.07) is 8.37. The Bertz CT molecular complexity index is 698. The van der Waals surface area contributed by atoms with Crippen molar-refractivity contribution >= 4 is 17.4 Å². The van der Waals surface area contributed by atoms with Crippen LogP contribution in [0.2, 0.25) is 0 Å². The number of nitrogens with one attached hydrogen (secondary N) is 1. The third-order valence-electron chi connectivity index (χ3n) is 4.12. The van der Waals surface area contributed by atoms with E-state index in [0.29, 0.717) is 19.0 Å². The zero-order chi connectivity index (χ0) is 18.6. The molecule has 1 aromatic carbocycles. The number of carbonyl (C=O) groups is 1. The minimum absolute atomic E-state index is 0.0394. The molecule has 0 spiro atoms. The number of nitrogens with zero attached hydrogens (tertiary/aromatic N) is 2. The van der Waals surface area contributed by atoms with E-state index >= 15 is 0 Å². The van der Waals surface area contributed by atoms with Crippen LogP contribution in [0.3, 0.4) is 0 Å². The predicted molar refractivity (Wildman–Crippen MR) is 105 cm³/mol. The van der Waals surface area contributed by atoms with Crippen molar-refractivity contribution in [2.75, 3.05) is 7.05 Å². The average molecular weight is 360 g/mol. The molecule has 25 heavy (non-hydrogen) atoms. The van der Waals surface area contributed by atoms with Crippen LogP contribution >= 0.6 is 11.3 Å². The largest absolute Gasteiger partial charge is 0.331 e. The zero-order valence-corrected chi connectivity index (χ0v) is 16.9. The normalized spacial score (nSPS) is 11.6. The van der Waals surface area contributed by atoms with Crippen molar-refractivity contribution in [2.45, 2.75) is 59.0 Å². The number of aromatic nitrogens is 1. The Hall–Kier alpha value is -1.88. The molecule has 0 radical (unpaired) electrons. The molecule has 2 rings (SSSR count). The van der Waals surface area contributed by atoms with Crippen molar-refractivity contribution in [3.05, 3.63) is 51.5 Å². The molecule has 4 nitrogen and oxygen atoms in total. The van der Waals surface area contributed by atoms with Crippen molar-refractivity contribution in [2.24, 2.45) is 0 Å². The SMILES string of the molecule is CC(C)c1ccc(CN(C)C(=O)NCc2nc(C(C)(C)C)cs2)cc1. The molecular weight excluding hydrogens is 330 g/mol. The second-order valence-corrected chi connectivity index (χ2v) is 8.73. The van der Waals surface area contributed by atoms with Gasteiger partial charge in [0.15, 0.2) is 0 Å². The molecule has 0 aliphatic heterocycles. The summed E-state index contributed by atoms with van der Waals surface area (Å²) < 4.78 is 0. The van der Waals surface area contributed by atoms with Gasteiger partial charge in [-0.3, -0.25) is 0 Å². The molecule has 1 N–H and O–H groups in total. The number of carbonyl (C=O) groups excluding carboxylic acids is 1. The summed E-state index contributed by atoms with van der Waals surface area (Å²) in [6.45, 7) is 11.8. The minimum atomic E-state index is -0.0829. The quantitative estimate of drug-likeness (QED) is 0.825. The summed E-state index contributed by atoms with van der Waals surface area (Å²) in [5.74, 6) is 0.520. The van der Waals surface area contributed by atoms with Crippen LogP contribution in [0.4, 0.5) is 4.79 Å². The standard InChI is InChI=1S/C20H29N3OS/c1-14(2)16-9-7-15(8-10-16)12-23(6)19(24)21-11-18-22-17(13-25-18)20(3,4)5/h7-10,13-14H,11-12H2,1-6H3,(H,21,24). The van der Waals surface area contributed by atoms with Crippen LogP contribution in [-0.2, 0) is 18.5 Å². The van der Waals surface area contributed by atoms with Crippen molar-refractivity contribution < 1.29 is 4.79 Å². The Balaban J connectivity index is 1.86. The molecule has 2 aromatic rings. The fraction of sp³-hybridized carbons (Fsp3) is 0.500. The summed E-state index contributed by atoms with van der Waals surface area (Å²) in [5, 5.41) is 5.96. The number of amides is 2. The van der Waals surface area contributed by atoms with Gasteiger partial charge < -0.3 is 10.2 Å². The molecule has 5 heteroatoms. The van der Waals surface area contributed by atoms with Crippen LogP contribution in [0.15, 0.2) is 29.6 Å². The smallest absolute Gasteiger partial charge is 0.317 e. The van der Waals surface area contributed by atoms with Gasteiger partial charge in [-0.1, -0.05) is 58.9 Å². The van der Waals surface area contributed by atoms with E-state index in [1.807, 2.05) is 7.05 Å². The highest BCUT2D eigenvalue weighted by atomic mass is 32.1. The van der Waals surface area contributed by atoms with Gasteiger partial charge in [-0.2, -0.15) is 0 Å². The Morgan fingerprint density at radius 3 is 2.40 bits per heavy atom. The highest BCUT2D eigenvalue weighted by Gasteiger charge is 2.18. The van der Waals surface area contributed by atoms with Gasteiger partial charge in [0.2, 0.25) is 0 Å². The first kappa shape index (κ1) is 19.4. The number of hydrogen-bond acceptors (Lipinski definition) is 3. The van der Waals surface area contributed by atoms with Gasteiger partial charge >= 0.3 is 6.03 Å². The summed E-state index contributed by atoms with van der Waals surface area (Å²) >= 11 is 1.59. The molecule has 0 saturated carbocycles. The number of urea groups is 1. The van der Waals surface area contributed by atoms with E-state index in [4.69, 9.17) is 0 Å². The molecule has 0 atom stereocenters. The molecule has 2 amide bonds. The summed E-state index contributed by atoms with van der Waals surface area (Å²) in [4.78, 5) is 18.6. The van der Waals surface area contributed by atoms with Crippen LogP contribution in [0, 0.1) is 0 Å². The molecular formula is C20H29N3OS. The first-order valence-corrected chi connectivity index (χ1v) is 9.57. The lowest BCUT2D eigenvalue weighted by molar-refractivity contribution is 0.206. The molecule has 0 unspecified atom stereocenters. The minimum Gasteiger partial charge on any atom is -0.331 e. The lowest BCUT2D eigenvalue weighted by atomic mass is 9.93. The molecule has 1 heterocycles. The van der Waals surface area contributed by atoms with Gasteiger partial charge in [-0.25, -0.2) is 9.78 Å². The second kappa shape index (κ2) is 8.00. The van der Waals surface area contributed by atoms with Gasteiger partial charge in [0.1, 0.15) is 5.01 Å². The first-order valence-electron chi connectivity index (χ1n) is 8.69. The highest BCUT2D eigenvalue weighted by Crippen LogP contribution is 2.23. The summed E-state index contributed by atoms with van der Waals surface area (Å²) in [7, 11) is 1.81. The van der Waals surface area contributed by atoms with E-state index in [9.17, 15) is 4.79 Å². The van der Waals surface area contributed by atoms with Crippen LogP contribution in [0.5, 0.6) is 0 Å². The van der Waals surface area contributed by atoms with Gasteiger partial charge in [0, 0.05) is 24.4 Å². The van der Waals surface area contributed by atoms with Crippen molar-refractivity contribution in [1.82, 2.24) is 15.2 Å². The van der Waals surface area contributed by atoms with Crippen LogP contribution in [0.25, 0.3) is 0 Å². The zero-order valence-electron chi connectivity index (χ0n) is 16.1. The fourth-order valence-corrected chi connectivity index (χ4v) is 3.34. The van der Waals surface area contributed by atoms with Crippen LogP contribution in [-0.4, -0.2) is 23.0 Å². The van der Waals surface area contributed by atoms with Gasteiger partial charge in [0.25, 0.3) is 0 Å². The molecule has 0 aliphatic rings. The van der Waals surface area contributed by atoms with Crippen molar-refractivity contribution in [1.29, 1.82) is 0 Å². The Labute approximate surface area is 155 Å². The van der Waals surface area contributed by atoms with Crippen molar-refractivity contribution in [3.8, 4) is 0 Å². The molecule has 0 fully saturated rings. The van der Waals surface area contributed by atoms with E-state index in [1.165, 1.54) is 5.56 Å². The van der Waals surface area contributed by atoms with Crippen LogP contribution < -0.4 is 5.32 Å². The molecule has 0 saturated heterocycles. The lowest BCUT2D eigenvalue weighted by Gasteiger charge is -2.18. The van der Waals surface area contributed by atoms with E-state index in [1.54, 1.807) is 16.2 Å². The number of benzene rings is 1. The number of rotatable bonds is 5. The van der Waals surface area contributed by atoms with Crippen LogP contribution in [0.1, 0.15) is 62.4 Å². The molecule has 0 aliphatic carbocycles. The van der Waals surface area contributed by atoms with Gasteiger partial charge in [-0.05, 0) is 17.0 Å². The fourth-order valence-electron chi connectivity index (χ4n) is 2.38. The number of thiazole rings is 1. The third kappa shape index (κ3) is 5.56. The van der Waals surface area contributed by atoms with E-state index in [-0.39, 0.29) is 11.4 Å². The topological polar surface area (TPSA) is 45.2 Å². The third-order valence-corrected chi connectivity index (χ3v) is 4.97. The Kier molecular flexibility index (Phi) is 6.22. The maximum atomic E-state index is 12.3. The Morgan fingerprint density at radius 2 is 1.88 bits per heavy atom. The average Bonchev–Trinajstić information content (AvgIpc) is 3.02. The molecule has 0 bridgehead atoms. The Morgan fingerprint density at radius 1 is 1.24 bits per heavy atom. The van der Waals surface area contributed by atoms with Gasteiger partial charge in [0.05, 0.1) is 12.2 Å². The lowest BCUT2D eigenvalue weighted by Crippen LogP contribution is -2.36. The first-order chi connectivity index (χ1) is 11.7. The monoisotopic (exact) mass is 359 g/mol. The second-order valence-electron chi connectivity index (χ2n) is 7.79. The van der Waals surface area contributed by atoms with E-state index < -0.39 is 0 Å². The number of hydrogen-bond donors (Lipinski definition) is 1. The van der Waals surface area contributed by atoms with E-state index in [2.05, 4.69) is 74.6 Å². The highest BCUT2D eigenvalue weighted by molar-refractivity contribution is 7.09. The molecule has 1 aromatic heterocycles. The van der Waals surface area contributed by atoms with Crippen molar-refractivity contribution in [3.63, 3.8) is 0 Å².